The van der Waals surface area contributed by atoms with Gasteiger partial charge < -0.3 is 9.80 Å². The van der Waals surface area contributed by atoms with Crippen LogP contribution in [0.25, 0.3) is 10.9 Å². The molecule has 0 bridgehead atoms. The molecule has 1 saturated heterocycles. The topological polar surface area (TPSA) is 45.2 Å². The summed E-state index contributed by atoms with van der Waals surface area (Å²) in [6.45, 7) is 3.77. The minimum absolute atomic E-state index is 0.818. The maximum Gasteiger partial charge on any atom is 0.225 e. The van der Waals surface area contributed by atoms with Gasteiger partial charge >= 0.3 is 0 Å². The third kappa shape index (κ3) is 2.45. The smallest absolute Gasteiger partial charge is 0.225 e. The number of rotatable bonds is 2. The van der Waals surface area contributed by atoms with Crippen LogP contribution in [0.2, 0.25) is 0 Å². The van der Waals surface area contributed by atoms with Gasteiger partial charge in [-0.2, -0.15) is 0 Å². The summed E-state index contributed by atoms with van der Waals surface area (Å²) >= 11 is 0. The van der Waals surface area contributed by atoms with Gasteiger partial charge in [0.05, 0.1) is 17.4 Å². The van der Waals surface area contributed by atoms with E-state index in [-0.39, 0.29) is 0 Å². The molecule has 0 atom stereocenters. The summed E-state index contributed by atoms with van der Waals surface area (Å²) < 4.78 is 0. The van der Waals surface area contributed by atoms with E-state index in [9.17, 15) is 0 Å². The number of fused-ring (bicyclic) bond motifs is 1. The van der Waals surface area contributed by atoms with Crippen molar-refractivity contribution in [2.45, 2.75) is 0 Å². The number of pyridine rings is 1. The molecule has 0 radical (unpaired) electrons. The number of aromatic nitrogens is 3. The van der Waals surface area contributed by atoms with Crippen LogP contribution in [0.1, 0.15) is 0 Å². The van der Waals surface area contributed by atoms with Gasteiger partial charge in [-0.1, -0.05) is 18.2 Å². The Balaban J connectivity index is 1.50. The van der Waals surface area contributed by atoms with Crippen LogP contribution in [-0.4, -0.2) is 41.1 Å². The van der Waals surface area contributed by atoms with Gasteiger partial charge in [0.25, 0.3) is 0 Å². The molecular formula is C17H17N5. The zero-order chi connectivity index (χ0) is 14.8. The molecule has 0 amide bonds. The predicted molar refractivity (Wildman–Crippen MR) is 88.2 cm³/mol. The van der Waals surface area contributed by atoms with Gasteiger partial charge in [0.2, 0.25) is 5.95 Å². The molecule has 0 N–H and O–H groups in total. The van der Waals surface area contributed by atoms with E-state index in [1.807, 2.05) is 24.4 Å². The average Bonchev–Trinajstić information content (AvgIpc) is 2.62. The molecule has 0 saturated carbocycles. The van der Waals surface area contributed by atoms with Crippen LogP contribution in [0, 0.1) is 0 Å². The Morgan fingerprint density at radius 1 is 0.773 bits per heavy atom. The Morgan fingerprint density at radius 3 is 2.32 bits per heavy atom. The van der Waals surface area contributed by atoms with Gasteiger partial charge in [-0.15, -0.1) is 0 Å². The van der Waals surface area contributed by atoms with Gasteiger partial charge in [-0.05, 0) is 18.2 Å². The fourth-order valence-electron chi connectivity index (χ4n) is 2.85. The van der Waals surface area contributed by atoms with Crippen LogP contribution in [0.4, 0.5) is 11.6 Å². The van der Waals surface area contributed by atoms with Crippen LogP contribution in [0.5, 0.6) is 0 Å². The lowest BCUT2D eigenvalue weighted by molar-refractivity contribution is 0.639. The highest BCUT2D eigenvalue weighted by molar-refractivity contribution is 5.81. The van der Waals surface area contributed by atoms with E-state index in [4.69, 9.17) is 0 Å². The van der Waals surface area contributed by atoms with E-state index in [0.717, 1.165) is 37.6 Å². The lowest BCUT2D eigenvalue weighted by atomic mass is 10.2. The second-order valence-corrected chi connectivity index (χ2v) is 5.41. The van der Waals surface area contributed by atoms with E-state index in [2.05, 4.69) is 43.0 Å². The molecule has 3 aromatic rings. The first-order chi connectivity index (χ1) is 10.9. The van der Waals surface area contributed by atoms with Crippen molar-refractivity contribution in [3.05, 3.63) is 55.0 Å². The second-order valence-electron chi connectivity index (χ2n) is 5.41. The van der Waals surface area contributed by atoms with Crippen LogP contribution in [-0.2, 0) is 0 Å². The SMILES string of the molecule is c1cnc(N2CCN(c3cnc4ccccc4c3)CC2)nc1. The fourth-order valence-corrected chi connectivity index (χ4v) is 2.85. The molecule has 22 heavy (non-hydrogen) atoms. The van der Waals surface area contributed by atoms with Gasteiger partial charge in [0.1, 0.15) is 0 Å². The number of anilines is 2. The number of hydrogen-bond acceptors (Lipinski definition) is 5. The van der Waals surface area contributed by atoms with Gasteiger partial charge in [-0.3, -0.25) is 4.98 Å². The summed E-state index contributed by atoms with van der Waals surface area (Å²) in [6, 6.07) is 12.3. The molecular weight excluding hydrogens is 274 g/mol. The lowest BCUT2D eigenvalue weighted by Gasteiger charge is -2.35. The highest BCUT2D eigenvalue weighted by Gasteiger charge is 2.19. The Kier molecular flexibility index (Phi) is 3.31. The molecule has 5 nitrogen and oxygen atoms in total. The number of piperazine rings is 1. The summed E-state index contributed by atoms with van der Waals surface area (Å²) in [5, 5.41) is 1.19. The standard InChI is InChI=1S/C17H17N5/c1-2-5-16-14(4-1)12-15(13-20-16)21-8-10-22(11-9-21)17-18-6-3-7-19-17/h1-7,12-13H,8-11H2. The molecule has 0 unspecified atom stereocenters. The highest BCUT2D eigenvalue weighted by atomic mass is 15.3. The molecule has 0 aliphatic carbocycles. The van der Waals surface area contributed by atoms with Crippen molar-refractivity contribution >= 4 is 22.5 Å². The number of para-hydroxylation sites is 1. The minimum Gasteiger partial charge on any atom is -0.367 e. The van der Waals surface area contributed by atoms with E-state index in [1.165, 1.54) is 11.1 Å². The maximum atomic E-state index is 4.55. The first kappa shape index (κ1) is 13.0. The van der Waals surface area contributed by atoms with Crippen LogP contribution in [0.3, 0.4) is 0 Å². The Bertz CT molecular complexity index is 766. The van der Waals surface area contributed by atoms with Crippen molar-refractivity contribution in [1.29, 1.82) is 0 Å². The summed E-state index contributed by atoms with van der Waals surface area (Å²) in [6.07, 6.45) is 5.56. The molecule has 0 spiro atoms. The molecule has 5 heteroatoms. The molecule has 110 valence electrons. The van der Waals surface area contributed by atoms with Crippen LogP contribution < -0.4 is 9.80 Å². The van der Waals surface area contributed by atoms with E-state index < -0.39 is 0 Å². The van der Waals surface area contributed by atoms with E-state index >= 15 is 0 Å². The molecule has 1 aromatic carbocycles. The molecule has 4 rings (SSSR count). The first-order valence-electron chi connectivity index (χ1n) is 7.52. The van der Waals surface area contributed by atoms with Gasteiger partial charge in [0, 0.05) is 44.0 Å². The third-order valence-corrected chi connectivity index (χ3v) is 4.06. The molecule has 1 aliphatic heterocycles. The van der Waals surface area contributed by atoms with Crippen LogP contribution in [0.15, 0.2) is 55.0 Å². The predicted octanol–water partition coefficient (Wildman–Crippen LogP) is 2.35. The number of hydrogen-bond donors (Lipinski definition) is 0. The fraction of sp³-hybridized carbons (Fsp3) is 0.235. The van der Waals surface area contributed by atoms with E-state index in [0.29, 0.717) is 0 Å². The quantitative estimate of drug-likeness (QED) is 0.725. The minimum atomic E-state index is 0.818. The molecule has 2 aromatic heterocycles. The Hall–Kier alpha value is -2.69. The maximum absolute atomic E-state index is 4.55. The van der Waals surface area contributed by atoms with Crippen molar-refractivity contribution < 1.29 is 0 Å². The highest BCUT2D eigenvalue weighted by Crippen LogP contribution is 2.21. The first-order valence-corrected chi connectivity index (χ1v) is 7.52. The summed E-state index contributed by atoms with van der Waals surface area (Å²) in [5.74, 6) is 0.818. The number of benzene rings is 1. The summed E-state index contributed by atoms with van der Waals surface area (Å²) in [5.41, 5.74) is 2.23. The van der Waals surface area contributed by atoms with Crippen LogP contribution >= 0.6 is 0 Å². The van der Waals surface area contributed by atoms with Gasteiger partial charge in [-0.25, -0.2) is 9.97 Å². The zero-order valence-electron chi connectivity index (χ0n) is 12.3. The van der Waals surface area contributed by atoms with Crippen molar-refractivity contribution in [3.8, 4) is 0 Å². The van der Waals surface area contributed by atoms with Crippen molar-refractivity contribution in [3.63, 3.8) is 0 Å². The molecule has 3 heterocycles. The van der Waals surface area contributed by atoms with Crippen molar-refractivity contribution in [2.75, 3.05) is 36.0 Å². The number of nitrogens with zero attached hydrogens (tertiary/aromatic N) is 5. The third-order valence-electron chi connectivity index (χ3n) is 4.06. The lowest BCUT2D eigenvalue weighted by Crippen LogP contribution is -2.47. The van der Waals surface area contributed by atoms with Crippen molar-refractivity contribution in [1.82, 2.24) is 15.0 Å². The summed E-state index contributed by atoms with van der Waals surface area (Å²) in [4.78, 5) is 17.8. The Labute approximate surface area is 129 Å². The van der Waals surface area contributed by atoms with E-state index in [1.54, 1.807) is 12.4 Å². The summed E-state index contributed by atoms with van der Waals surface area (Å²) in [7, 11) is 0. The zero-order valence-corrected chi connectivity index (χ0v) is 12.3. The second kappa shape index (κ2) is 5.60. The normalized spacial score (nSPS) is 15.3. The Morgan fingerprint density at radius 2 is 1.50 bits per heavy atom. The van der Waals surface area contributed by atoms with Crippen molar-refractivity contribution in [2.24, 2.45) is 0 Å². The molecule has 1 fully saturated rings. The monoisotopic (exact) mass is 291 g/mol. The van der Waals surface area contributed by atoms with Gasteiger partial charge in [0.15, 0.2) is 0 Å². The molecule has 1 aliphatic rings. The largest absolute Gasteiger partial charge is 0.367 e. The average molecular weight is 291 g/mol.